The number of aromatic hydroxyl groups is 2. The molecule has 0 saturated heterocycles. The number of phenolic OH excluding ortho intramolecular Hbond substituents is 2. The lowest BCUT2D eigenvalue weighted by atomic mass is 9.32. The minimum atomic E-state index is -0.511. The third-order valence-corrected chi connectivity index (χ3v) is 15.2. The molecular formula is C36H56O3. The predicted molar refractivity (Wildman–Crippen MR) is 159 cm³/mol. The Kier molecular flexibility index (Phi) is 6.19. The van der Waals surface area contributed by atoms with Gasteiger partial charge in [0.05, 0.1) is 5.60 Å². The summed E-state index contributed by atoms with van der Waals surface area (Å²) in [6, 6.07) is 5.06. The number of phenols is 2. The van der Waals surface area contributed by atoms with E-state index in [1.807, 2.05) is 0 Å². The lowest BCUT2D eigenvalue weighted by molar-refractivity contribution is -0.271. The molecule has 5 fully saturated rings. The monoisotopic (exact) mass is 536 g/mol. The summed E-state index contributed by atoms with van der Waals surface area (Å²) in [6.07, 6.45) is 14.3. The highest BCUT2D eigenvalue weighted by molar-refractivity contribution is 5.39. The Hall–Kier alpha value is -1.22. The van der Waals surface area contributed by atoms with Crippen LogP contribution in [0.15, 0.2) is 18.2 Å². The Morgan fingerprint density at radius 2 is 1.26 bits per heavy atom. The van der Waals surface area contributed by atoms with Crippen LogP contribution in [0.4, 0.5) is 0 Å². The third kappa shape index (κ3) is 3.63. The summed E-state index contributed by atoms with van der Waals surface area (Å²) >= 11 is 0. The van der Waals surface area contributed by atoms with Crippen LogP contribution in [-0.4, -0.2) is 20.9 Å². The average molecular weight is 537 g/mol. The fourth-order valence-electron chi connectivity index (χ4n) is 13.0. The number of hydrogen-bond acceptors (Lipinski definition) is 3. The second-order valence-electron chi connectivity index (χ2n) is 17.0. The Balaban J connectivity index is 1.35. The van der Waals surface area contributed by atoms with Gasteiger partial charge in [-0.1, -0.05) is 54.9 Å². The Bertz CT molecular complexity index is 1130. The molecule has 0 heterocycles. The molecule has 0 amide bonds. The van der Waals surface area contributed by atoms with Gasteiger partial charge < -0.3 is 15.3 Å². The quantitative estimate of drug-likeness (QED) is 0.331. The predicted octanol–water partition coefficient (Wildman–Crippen LogP) is 8.88. The molecule has 10 atom stereocenters. The highest BCUT2D eigenvalue weighted by atomic mass is 16.3. The van der Waals surface area contributed by atoms with Gasteiger partial charge in [-0.15, -0.1) is 0 Å². The summed E-state index contributed by atoms with van der Waals surface area (Å²) in [5.41, 5.74) is 1.37. The van der Waals surface area contributed by atoms with E-state index in [4.69, 9.17) is 0 Å². The fraction of sp³-hybridized carbons (Fsp3) is 0.833. The van der Waals surface area contributed by atoms with Crippen molar-refractivity contribution >= 4 is 0 Å². The normalized spacial score (nSPS) is 50.7. The molecule has 0 aromatic heterocycles. The van der Waals surface area contributed by atoms with Gasteiger partial charge in [0, 0.05) is 0 Å². The topological polar surface area (TPSA) is 60.7 Å². The maximum absolute atomic E-state index is 12.3. The van der Waals surface area contributed by atoms with Crippen LogP contribution >= 0.6 is 0 Å². The molecule has 39 heavy (non-hydrogen) atoms. The molecule has 3 heteroatoms. The number of aliphatic hydroxyl groups is 1. The van der Waals surface area contributed by atoms with E-state index in [1.54, 1.807) is 18.2 Å². The van der Waals surface area contributed by atoms with Gasteiger partial charge >= 0.3 is 0 Å². The molecule has 3 nitrogen and oxygen atoms in total. The summed E-state index contributed by atoms with van der Waals surface area (Å²) < 4.78 is 0. The number of fused-ring (bicyclic) bond motifs is 7. The fourth-order valence-corrected chi connectivity index (χ4v) is 13.0. The molecule has 3 N–H and O–H groups in total. The molecule has 0 spiro atoms. The van der Waals surface area contributed by atoms with Crippen LogP contribution in [0.25, 0.3) is 0 Å². The minimum absolute atomic E-state index is 0.0179. The van der Waals surface area contributed by atoms with Crippen molar-refractivity contribution in [1.29, 1.82) is 0 Å². The molecule has 0 radical (unpaired) electrons. The number of benzene rings is 1. The summed E-state index contributed by atoms with van der Waals surface area (Å²) in [6.45, 7) is 17.6. The molecule has 0 unspecified atom stereocenters. The Morgan fingerprint density at radius 3 is 1.95 bits per heavy atom. The zero-order valence-corrected chi connectivity index (χ0v) is 25.9. The highest BCUT2D eigenvalue weighted by Gasteiger charge is 2.70. The van der Waals surface area contributed by atoms with E-state index in [1.165, 1.54) is 57.8 Å². The molecular weight excluding hydrogens is 480 g/mol. The van der Waals surface area contributed by atoms with Crippen molar-refractivity contribution in [2.45, 2.75) is 131 Å². The first kappa shape index (κ1) is 27.9. The molecule has 5 aliphatic carbocycles. The second-order valence-corrected chi connectivity index (χ2v) is 17.0. The van der Waals surface area contributed by atoms with Gasteiger partial charge in [-0.05, 0) is 151 Å². The first-order valence-electron chi connectivity index (χ1n) is 16.4. The molecule has 0 bridgehead atoms. The van der Waals surface area contributed by atoms with Crippen LogP contribution in [0.5, 0.6) is 11.5 Å². The maximum Gasteiger partial charge on any atom is 0.119 e. The Labute approximate surface area is 238 Å². The lowest BCUT2D eigenvalue weighted by Crippen LogP contribution is -2.69. The summed E-state index contributed by atoms with van der Waals surface area (Å²) in [5, 5.41) is 33.2. The van der Waals surface area contributed by atoms with E-state index >= 15 is 0 Å². The van der Waals surface area contributed by atoms with Crippen LogP contribution < -0.4 is 0 Å². The number of hydrogen-bond donors (Lipinski definition) is 3. The summed E-state index contributed by atoms with van der Waals surface area (Å²) in [5.74, 6) is 3.63. The van der Waals surface area contributed by atoms with Crippen molar-refractivity contribution in [3.8, 4) is 11.5 Å². The van der Waals surface area contributed by atoms with Crippen molar-refractivity contribution < 1.29 is 15.3 Å². The average Bonchev–Trinajstić information content (AvgIpc) is 2.85. The molecule has 6 rings (SSSR count). The van der Waals surface area contributed by atoms with Crippen LogP contribution in [0.2, 0.25) is 0 Å². The van der Waals surface area contributed by atoms with Crippen molar-refractivity contribution in [2.75, 3.05) is 0 Å². The molecule has 218 valence electrons. The van der Waals surface area contributed by atoms with Gasteiger partial charge in [-0.25, -0.2) is 0 Å². The standard InChI is InChI=1S/C36H56O3/c1-23-12-17-32(4)27-13-19-34(6)28(15-20-36(39)30(34)9-8-16-31(36,2)3)33(27,5)18-14-29(32)35(23,7)22-24-21-25(37)10-11-26(24)38/h10-11,21,23,27-30,37-39H,8-9,12-20,22H2,1-7H3/t23-,27+,28-,29+,30+,32+,33+,34-,35+,36-/m0/s1. The van der Waals surface area contributed by atoms with Gasteiger partial charge in [0.15, 0.2) is 0 Å². The molecule has 5 saturated carbocycles. The van der Waals surface area contributed by atoms with Gasteiger partial charge in [0.2, 0.25) is 0 Å². The zero-order chi connectivity index (χ0) is 28.2. The molecule has 5 aliphatic rings. The van der Waals surface area contributed by atoms with E-state index in [-0.39, 0.29) is 22.0 Å². The van der Waals surface area contributed by atoms with Crippen molar-refractivity contribution in [3.63, 3.8) is 0 Å². The van der Waals surface area contributed by atoms with E-state index in [0.717, 1.165) is 24.8 Å². The van der Waals surface area contributed by atoms with E-state index in [0.29, 0.717) is 46.2 Å². The van der Waals surface area contributed by atoms with Crippen LogP contribution in [0.3, 0.4) is 0 Å². The maximum atomic E-state index is 12.3. The molecule has 0 aliphatic heterocycles. The highest BCUT2D eigenvalue weighted by Crippen LogP contribution is 2.76. The lowest BCUT2D eigenvalue weighted by Gasteiger charge is -2.73. The molecule has 1 aromatic rings. The third-order valence-electron chi connectivity index (χ3n) is 15.2. The van der Waals surface area contributed by atoms with Gasteiger partial charge in [0.1, 0.15) is 11.5 Å². The molecule has 1 aromatic carbocycles. The number of rotatable bonds is 2. The minimum Gasteiger partial charge on any atom is -0.508 e. The van der Waals surface area contributed by atoms with E-state index in [9.17, 15) is 15.3 Å². The van der Waals surface area contributed by atoms with E-state index < -0.39 is 5.60 Å². The van der Waals surface area contributed by atoms with Crippen LogP contribution in [-0.2, 0) is 6.42 Å². The van der Waals surface area contributed by atoms with Crippen molar-refractivity contribution in [1.82, 2.24) is 0 Å². The Morgan fingerprint density at radius 1 is 0.692 bits per heavy atom. The van der Waals surface area contributed by atoms with Crippen molar-refractivity contribution in [3.05, 3.63) is 23.8 Å². The summed E-state index contributed by atoms with van der Waals surface area (Å²) in [7, 11) is 0. The SMILES string of the molecule is C[C@H]1CC[C@]2(C)[C@H]3CC[C@@]4(C)[C@@H](CC[C@]5(O)[C@@H]4CCCC5(C)C)[C@]3(C)CC[C@H]2[C@]1(C)Cc1cc(O)ccc1O. The van der Waals surface area contributed by atoms with E-state index in [2.05, 4.69) is 48.5 Å². The first-order valence-corrected chi connectivity index (χ1v) is 16.4. The zero-order valence-electron chi connectivity index (χ0n) is 25.9. The summed E-state index contributed by atoms with van der Waals surface area (Å²) in [4.78, 5) is 0. The largest absolute Gasteiger partial charge is 0.508 e. The van der Waals surface area contributed by atoms with Gasteiger partial charge in [0.25, 0.3) is 0 Å². The first-order chi connectivity index (χ1) is 18.1. The van der Waals surface area contributed by atoms with Crippen molar-refractivity contribution in [2.24, 2.45) is 56.7 Å². The van der Waals surface area contributed by atoms with Gasteiger partial charge in [-0.3, -0.25) is 0 Å². The van der Waals surface area contributed by atoms with Gasteiger partial charge in [-0.2, -0.15) is 0 Å². The van der Waals surface area contributed by atoms with Crippen LogP contribution in [0.1, 0.15) is 125 Å². The van der Waals surface area contributed by atoms with Crippen LogP contribution in [0, 0.1) is 56.7 Å². The smallest absolute Gasteiger partial charge is 0.119 e. The second kappa shape index (κ2) is 8.65.